The molecule has 0 aromatic heterocycles. The van der Waals surface area contributed by atoms with Crippen LogP contribution in [0.15, 0.2) is 53.4 Å². The first-order valence-corrected chi connectivity index (χ1v) is 9.52. The molecule has 4 nitrogen and oxygen atoms in total. The average Bonchev–Trinajstić information content (AvgIpc) is 2.55. The highest BCUT2D eigenvalue weighted by atomic mass is 32.2. The smallest absolute Gasteiger partial charge is 0.223 e. The first kappa shape index (κ1) is 18.2. The largest absolute Gasteiger partial charge is 0.341 e. The predicted molar refractivity (Wildman–Crippen MR) is 95.5 cm³/mol. The summed E-state index contributed by atoms with van der Waals surface area (Å²) in [4.78, 5) is 14.0. The molecule has 2 rings (SSSR count). The van der Waals surface area contributed by atoms with E-state index in [2.05, 4.69) is 0 Å². The van der Waals surface area contributed by atoms with Crippen LogP contribution in [0.25, 0.3) is 0 Å². The summed E-state index contributed by atoms with van der Waals surface area (Å²) < 4.78 is 24.6. The van der Waals surface area contributed by atoms with Crippen LogP contribution in [0, 0.1) is 13.8 Å². The van der Waals surface area contributed by atoms with Crippen molar-refractivity contribution in [1.82, 2.24) is 4.90 Å². The van der Waals surface area contributed by atoms with Gasteiger partial charge in [0.15, 0.2) is 9.84 Å². The Balaban J connectivity index is 1.94. The molecule has 0 saturated carbocycles. The van der Waals surface area contributed by atoms with Crippen LogP contribution in [0.5, 0.6) is 0 Å². The van der Waals surface area contributed by atoms with Gasteiger partial charge in [0.25, 0.3) is 0 Å². The summed E-state index contributed by atoms with van der Waals surface area (Å²) in [5.74, 6) is -0.348. The van der Waals surface area contributed by atoms with Gasteiger partial charge in [-0.25, -0.2) is 8.42 Å². The maximum absolute atomic E-state index is 12.3. The lowest BCUT2D eigenvalue weighted by Crippen LogP contribution is -2.28. The summed E-state index contributed by atoms with van der Waals surface area (Å²) in [6, 6.07) is 14.6. The standard InChI is InChI=1S/C19H23NO3S/c1-15-4-8-17(9-5-15)14-20(3)19(21)12-13-24(22,23)18-10-6-16(2)7-11-18/h4-11H,12-14H2,1-3H3. The molecule has 0 radical (unpaired) electrons. The zero-order valence-electron chi connectivity index (χ0n) is 14.3. The van der Waals surface area contributed by atoms with Crippen molar-refractivity contribution in [2.75, 3.05) is 12.8 Å². The number of hydrogen-bond acceptors (Lipinski definition) is 3. The first-order chi connectivity index (χ1) is 11.3. The van der Waals surface area contributed by atoms with Gasteiger partial charge in [0.05, 0.1) is 10.6 Å². The maximum atomic E-state index is 12.3. The zero-order chi connectivity index (χ0) is 17.7. The van der Waals surface area contributed by atoms with Gasteiger partial charge in [-0.15, -0.1) is 0 Å². The van der Waals surface area contributed by atoms with Crippen LogP contribution in [0.4, 0.5) is 0 Å². The van der Waals surface area contributed by atoms with Crippen LogP contribution < -0.4 is 0 Å². The van der Waals surface area contributed by atoms with Gasteiger partial charge in [-0.2, -0.15) is 0 Å². The van der Waals surface area contributed by atoms with Crippen molar-refractivity contribution < 1.29 is 13.2 Å². The molecular formula is C19H23NO3S. The van der Waals surface area contributed by atoms with E-state index in [0.717, 1.165) is 16.7 Å². The van der Waals surface area contributed by atoms with Crippen LogP contribution in [0.1, 0.15) is 23.1 Å². The SMILES string of the molecule is Cc1ccc(CN(C)C(=O)CCS(=O)(=O)c2ccc(C)cc2)cc1. The van der Waals surface area contributed by atoms with Gasteiger partial charge in [0, 0.05) is 20.0 Å². The number of sulfone groups is 1. The molecule has 0 unspecified atom stereocenters. The molecular weight excluding hydrogens is 322 g/mol. The number of carbonyl (C=O) groups is 1. The third-order valence-corrected chi connectivity index (χ3v) is 5.66. The van der Waals surface area contributed by atoms with E-state index in [1.165, 1.54) is 0 Å². The fraction of sp³-hybridized carbons (Fsp3) is 0.316. The molecule has 0 aliphatic carbocycles. The van der Waals surface area contributed by atoms with E-state index in [0.29, 0.717) is 6.54 Å². The summed E-state index contributed by atoms with van der Waals surface area (Å²) in [7, 11) is -1.74. The molecule has 0 bridgehead atoms. The second-order valence-corrected chi connectivity index (χ2v) is 8.23. The number of rotatable bonds is 6. The lowest BCUT2D eigenvalue weighted by Gasteiger charge is -2.17. The second-order valence-electron chi connectivity index (χ2n) is 6.12. The van der Waals surface area contributed by atoms with E-state index in [9.17, 15) is 13.2 Å². The highest BCUT2D eigenvalue weighted by Gasteiger charge is 2.18. The van der Waals surface area contributed by atoms with Crippen LogP contribution in [0.3, 0.4) is 0 Å². The molecule has 24 heavy (non-hydrogen) atoms. The second kappa shape index (κ2) is 7.62. The van der Waals surface area contributed by atoms with Crippen molar-refractivity contribution >= 4 is 15.7 Å². The molecule has 0 heterocycles. The average molecular weight is 345 g/mol. The van der Waals surface area contributed by atoms with Gasteiger partial charge in [0.2, 0.25) is 5.91 Å². The normalized spacial score (nSPS) is 11.3. The van der Waals surface area contributed by atoms with Gasteiger partial charge in [0.1, 0.15) is 0 Å². The Morgan fingerprint density at radius 1 is 0.917 bits per heavy atom. The number of amides is 1. The molecule has 128 valence electrons. The Labute approximate surface area is 144 Å². The van der Waals surface area contributed by atoms with Crippen molar-refractivity contribution in [3.05, 3.63) is 65.2 Å². The lowest BCUT2D eigenvalue weighted by molar-refractivity contribution is -0.130. The fourth-order valence-electron chi connectivity index (χ4n) is 2.33. The number of aryl methyl sites for hydroxylation is 2. The van der Waals surface area contributed by atoms with Gasteiger partial charge >= 0.3 is 0 Å². The van der Waals surface area contributed by atoms with E-state index in [-0.39, 0.29) is 23.0 Å². The van der Waals surface area contributed by atoms with E-state index in [4.69, 9.17) is 0 Å². The Morgan fingerprint density at radius 2 is 1.42 bits per heavy atom. The summed E-state index contributed by atoms with van der Waals surface area (Å²) >= 11 is 0. The van der Waals surface area contributed by atoms with Gasteiger partial charge in [-0.1, -0.05) is 47.5 Å². The molecule has 0 N–H and O–H groups in total. The molecule has 2 aromatic rings. The highest BCUT2D eigenvalue weighted by Crippen LogP contribution is 2.14. The number of carbonyl (C=O) groups excluding carboxylic acids is 1. The monoisotopic (exact) mass is 345 g/mol. The Kier molecular flexibility index (Phi) is 5.78. The number of hydrogen-bond donors (Lipinski definition) is 0. The Morgan fingerprint density at radius 3 is 1.96 bits per heavy atom. The van der Waals surface area contributed by atoms with E-state index in [1.807, 2.05) is 38.1 Å². The highest BCUT2D eigenvalue weighted by molar-refractivity contribution is 7.91. The molecule has 0 fully saturated rings. The summed E-state index contributed by atoms with van der Waals surface area (Å²) in [5.41, 5.74) is 3.19. The van der Waals surface area contributed by atoms with Crippen LogP contribution in [0.2, 0.25) is 0 Å². The van der Waals surface area contributed by atoms with Crippen molar-refractivity contribution in [3.63, 3.8) is 0 Å². The number of benzene rings is 2. The van der Waals surface area contributed by atoms with E-state index in [1.54, 1.807) is 36.2 Å². The third kappa shape index (κ3) is 4.93. The first-order valence-electron chi connectivity index (χ1n) is 7.87. The summed E-state index contributed by atoms with van der Waals surface area (Å²) in [6.45, 7) is 4.39. The minimum atomic E-state index is -3.43. The van der Waals surface area contributed by atoms with Crippen molar-refractivity contribution in [2.24, 2.45) is 0 Å². The molecule has 0 spiro atoms. The van der Waals surface area contributed by atoms with E-state index >= 15 is 0 Å². The van der Waals surface area contributed by atoms with Crippen LogP contribution >= 0.6 is 0 Å². The van der Waals surface area contributed by atoms with E-state index < -0.39 is 9.84 Å². The Hall–Kier alpha value is -2.14. The minimum Gasteiger partial charge on any atom is -0.341 e. The summed E-state index contributed by atoms with van der Waals surface area (Å²) in [5, 5.41) is 0. The fourth-order valence-corrected chi connectivity index (χ4v) is 3.56. The molecule has 2 aromatic carbocycles. The summed E-state index contributed by atoms with van der Waals surface area (Å²) in [6.07, 6.45) is -0.0153. The van der Waals surface area contributed by atoms with Crippen molar-refractivity contribution in [3.8, 4) is 0 Å². The maximum Gasteiger partial charge on any atom is 0.223 e. The topological polar surface area (TPSA) is 54.5 Å². The molecule has 1 amide bonds. The zero-order valence-corrected chi connectivity index (χ0v) is 15.1. The van der Waals surface area contributed by atoms with Crippen LogP contribution in [-0.2, 0) is 21.2 Å². The molecule has 0 aliphatic rings. The third-order valence-electron chi connectivity index (χ3n) is 3.93. The van der Waals surface area contributed by atoms with Crippen molar-refractivity contribution in [2.45, 2.75) is 31.7 Å². The number of nitrogens with zero attached hydrogens (tertiary/aromatic N) is 1. The molecule has 0 aliphatic heterocycles. The quantitative estimate of drug-likeness (QED) is 0.808. The van der Waals surface area contributed by atoms with Gasteiger partial charge in [-0.05, 0) is 31.5 Å². The predicted octanol–water partition coefficient (Wildman–Crippen LogP) is 3.13. The molecule has 5 heteroatoms. The molecule has 0 saturated heterocycles. The van der Waals surface area contributed by atoms with Gasteiger partial charge in [-0.3, -0.25) is 4.79 Å². The van der Waals surface area contributed by atoms with Crippen molar-refractivity contribution in [1.29, 1.82) is 0 Å². The molecule has 0 atom stereocenters. The Bertz CT molecular complexity index is 794. The lowest BCUT2D eigenvalue weighted by atomic mass is 10.1. The van der Waals surface area contributed by atoms with Gasteiger partial charge < -0.3 is 4.90 Å². The van der Waals surface area contributed by atoms with Crippen LogP contribution in [-0.4, -0.2) is 32.0 Å². The minimum absolute atomic E-state index is 0.0153.